The Bertz CT molecular complexity index is 2450. The largest absolute Gasteiger partial charge is 0.446 e. The third kappa shape index (κ3) is 10.9. The van der Waals surface area contributed by atoms with E-state index >= 15 is 4.39 Å². The molecule has 3 aromatic rings. The number of aliphatic hydroxyl groups is 3. The normalized spacial score (nSPS) is 31.7. The number of aromatic nitrogens is 2. The van der Waals surface area contributed by atoms with Crippen molar-refractivity contribution in [1.82, 2.24) is 9.55 Å². The second kappa shape index (κ2) is 19.9. The number of alkyl halides is 1. The lowest BCUT2D eigenvalue weighted by molar-refractivity contribution is -0.0617. The van der Waals surface area contributed by atoms with Gasteiger partial charge in [0.1, 0.15) is 30.7 Å². The first-order chi connectivity index (χ1) is 32.0. The SMILES string of the molecule is C=C1/C(=C\C=C2/CCC[C@@]3(C)C2CCC3[C@@H](C)/C=C/C(O)C2CC2)C[C@@H](OC(=O)Nc2ccc(Cc3ccc(NC(=O)OCC4OC(n5ccc(N)nc5=O)C(C)(F)C4O)cc3)cc2)C[C@@H]1O. The Hall–Kier alpha value is -5.61. The Morgan fingerprint density at radius 2 is 1.67 bits per heavy atom. The van der Waals surface area contributed by atoms with Crippen LogP contribution < -0.4 is 22.1 Å². The minimum atomic E-state index is -2.39. The van der Waals surface area contributed by atoms with Crippen molar-refractivity contribution in [3.8, 4) is 0 Å². The zero-order valence-corrected chi connectivity index (χ0v) is 38.5. The van der Waals surface area contributed by atoms with Crippen LogP contribution in [0.1, 0.15) is 95.9 Å². The van der Waals surface area contributed by atoms with Crippen LogP contribution in [0.2, 0.25) is 0 Å². The van der Waals surface area contributed by atoms with Crippen LogP contribution in [-0.4, -0.2) is 79.9 Å². The molecule has 2 aromatic carbocycles. The van der Waals surface area contributed by atoms with Crippen LogP contribution >= 0.6 is 0 Å². The number of amides is 2. The lowest BCUT2D eigenvalue weighted by atomic mass is 9.61. The molecule has 0 spiro atoms. The first-order valence-electron chi connectivity index (χ1n) is 23.6. The number of nitrogen functional groups attached to an aromatic ring is 1. The van der Waals surface area contributed by atoms with E-state index in [2.05, 4.69) is 54.3 Å². The maximum absolute atomic E-state index is 15.5. The smallest absolute Gasteiger partial charge is 0.411 e. The highest BCUT2D eigenvalue weighted by molar-refractivity contribution is 5.85. The summed E-state index contributed by atoms with van der Waals surface area (Å²) in [5.74, 6) is 1.86. The van der Waals surface area contributed by atoms with Gasteiger partial charge in [0, 0.05) is 30.4 Å². The first kappa shape index (κ1) is 47.9. The van der Waals surface area contributed by atoms with Crippen LogP contribution in [0.5, 0.6) is 0 Å². The molecule has 8 rings (SSSR count). The molecular weight excluding hydrogens is 858 g/mol. The van der Waals surface area contributed by atoms with Crippen molar-refractivity contribution in [3.63, 3.8) is 0 Å². The van der Waals surface area contributed by atoms with E-state index in [1.165, 1.54) is 30.7 Å². The predicted molar refractivity (Wildman–Crippen MR) is 253 cm³/mol. The molecule has 14 nitrogen and oxygen atoms in total. The van der Waals surface area contributed by atoms with Gasteiger partial charge in [-0.2, -0.15) is 4.98 Å². The summed E-state index contributed by atoms with van der Waals surface area (Å²) in [5.41, 5.74) is 8.44. The number of carbonyl (C=O) groups is 2. The molecule has 358 valence electrons. The molecule has 15 heteroatoms. The maximum Gasteiger partial charge on any atom is 0.411 e. The van der Waals surface area contributed by atoms with Gasteiger partial charge in [-0.05, 0) is 140 Å². The zero-order valence-electron chi connectivity index (χ0n) is 38.5. The van der Waals surface area contributed by atoms with Crippen molar-refractivity contribution in [1.29, 1.82) is 0 Å². The summed E-state index contributed by atoms with van der Waals surface area (Å²) in [4.78, 5) is 41.5. The van der Waals surface area contributed by atoms with Crippen molar-refractivity contribution in [2.45, 2.75) is 127 Å². The number of anilines is 3. The second-order valence-corrected chi connectivity index (χ2v) is 19.7. The molecule has 4 saturated carbocycles. The van der Waals surface area contributed by atoms with E-state index in [1.54, 1.807) is 24.3 Å². The third-order valence-corrected chi connectivity index (χ3v) is 14.9. The van der Waals surface area contributed by atoms with Crippen LogP contribution in [0, 0.1) is 29.1 Å². The summed E-state index contributed by atoms with van der Waals surface area (Å²) in [6.07, 6.45) is 11.6. The molecule has 11 atom stereocenters. The number of fused-ring (bicyclic) bond motifs is 1. The van der Waals surface area contributed by atoms with Crippen LogP contribution in [0.15, 0.2) is 113 Å². The molecule has 5 fully saturated rings. The van der Waals surface area contributed by atoms with Crippen molar-refractivity contribution >= 4 is 29.4 Å². The van der Waals surface area contributed by atoms with E-state index in [0.717, 1.165) is 60.3 Å². The van der Waals surface area contributed by atoms with E-state index in [1.807, 2.05) is 30.3 Å². The topological polar surface area (TPSA) is 207 Å². The van der Waals surface area contributed by atoms with Crippen molar-refractivity contribution < 1.29 is 43.5 Å². The summed E-state index contributed by atoms with van der Waals surface area (Å²) in [7, 11) is 0. The average Bonchev–Trinajstić information content (AvgIpc) is 4.04. The Morgan fingerprint density at radius 3 is 2.33 bits per heavy atom. The highest BCUT2D eigenvalue weighted by Crippen LogP contribution is 2.59. The van der Waals surface area contributed by atoms with Crippen molar-refractivity contribution in [2.75, 3.05) is 23.0 Å². The summed E-state index contributed by atoms with van der Waals surface area (Å²) in [6.45, 7) is 9.57. The van der Waals surface area contributed by atoms with E-state index in [0.29, 0.717) is 53.5 Å². The summed E-state index contributed by atoms with van der Waals surface area (Å²) in [5, 5.41) is 37.4. The first-order valence-corrected chi connectivity index (χ1v) is 23.6. The van der Waals surface area contributed by atoms with Crippen LogP contribution in [0.4, 0.5) is 31.2 Å². The lowest BCUT2D eigenvalue weighted by Gasteiger charge is -2.44. The number of nitrogens with one attached hydrogen (secondary N) is 2. The van der Waals surface area contributed by atoms with Gasteiger partial charge in [-0.25, -0.2) is 18.8 Å². The lowest BCUT2D eigenvalue weighted by Crippen LogP contribution is -2.43. The summed E-state index contributed by atoms with van der Waals surface area (Å²) >= 11 is 0. The van der Waals surface area contributed by atoms with E-state index < -0.39 is 60.8 Å². The van der Waals surface area contributed by atoms with Gasteiger partial charge in [-0.1, -0.05) is 74.6 Å². The Balaban J connectivity index is 0.790. The fraction of sp³-hybridized carbons (Fsp3) is 0.500. The molecule has 4 aliphatic carbocycles. The van der Waals surface area contributed by atoms with Crippen molar-refractivity contribution in [3.05, 3.63) is 130 Å². The number of carbonyl (C=O) groups excluding carboxylic acids is 2. The number of nitrogens with two attached hydrogens (primary N) is 1. The minimum absolute atomic E-state index is 0.0460. The van der Waals surface area contributed by atoms with Gasteiger partial charge in [0.15, 0.2) is 11.9 Å². The Kier molecular flexibility index (Phi) is 14.2. The fourth-order valence-electron chi connectivity index (χ4n) is 10.9. The number of aliphatic hydroxyl groups excluding tert-OH is 3. The molecule has 7 unspecified atom stereocenters. The number of benzene rings is 2. The van der Waals surface area contributed by atoms with E-state index in [9.17, 15) is 29.7 Å². The van der Waals surface area contributed by atoms with Crippen LogP contribution in [-0.2, 0) is 20.6 Å². The molecule has 0 radical (unpaired) electrons. The van der Waals surface area contributed by atoms with E-state index in [4.69, 9.17) is 19.9 Å². The second-order valence-electron chi connectivity index (χ2n) is 19.7. The molecule has 1 aromatic heterocycles. The number of ether oxygens (including phenoxy) is 3. The standard InChI is InChI=1S/C52H64FN5O9/c1-30(7-22-42(59)35-13-14-35)40-20-21-41-34(6-5-24-51(40,41)3)12-15-36-27-39(28-43(60)31(36)2)66-50(64)56-38-18-10-33(11-19-38)26-32-8-16-37(17-9-32)55-49(63)65-29-44-46(61)52(4,53)47(67-44)58-25-23-45(54)57-48(58)62/h7-12,15-19,22-23,25,30,35,39-44,46-47,59-61H,2,5-6,13-14,20-21,24,26-29H2,1,3-4H3,(H,55,63)(H,56,64)(H2,54,57,62)/b22-7+,34-12+,36-15-/t30-,39+,40?,41?,42?,43-,44?,46?,47?,51+,52?/m0/s1. The number of hydrogen-bond acceptors (Lipinski definition) is 11. The summed E-state index contributed by atoms with van der Waals surface area (Å²) in [6, 6.07) is 15.8. The Morgan fingerprint density at radius 1 is 1.00 bits per heavy atom. The molecule has 1 aliphatic heterocycles. The van der Waals surface area contributed by atoms with Gasteiger partial charge < -0.3 is 35.3 Å². The van der Waals surface area contributed by atoms with Gasteiger partial charge in [0.05, 0.1) is 12.2 Å². The predicted octanol–water partition coefficient (Wildman–Crippen LogP) is 8.31. The molecule has 2 heterocycles. The monoisotopic (exact) mass is 921 g/mol. The van der Waals surface area contributed by atoms with Gasteiger partial charge in [-0.15, -0.1) is 0 Å². The third-order valence-electron chi connectivity index (χ3n) is 14.9. The molecule has 7 N–H and O–H groups in total. The van der Waals surface area contributed by atoms with Gasteiger partial charge in [-0.3, -0.25) is 15.2 Å². The van der Waals surface area contributed by atoms with Gasteiger partial charge in [0.2, 0.25) is 0 Å². The highest BCUT2D eigenvalue weighted by Gasteiger charge is 2.56. The Labute approximate surface area is 390 Å². The molecule has 2 amide bonds. The maximum atomic E-state index is 15.5. The van der Waals surface area contributed by atoms with Crippen molar-refractivity contribution in [2.24, 2.45) is 29.1 Å². The van der Waals surface area contributed by atoms with Gasteiger partial charge in [0.25, 0.3) is 0 Å². The van der Waals surface area contributed by atoms with Crippen LogP contribution in [0.25, 0.3) is 0 Å². The average molecular weight is 922 g/mol. The number of allylic oxidation sites excluding steroid dienone is 4. The fourth-order valence-corrected chi connectivity index (χ4v) is 10.9. The molecule has 5 aliphatic rings. The zero-order chi connectivity index (χ0) is 47.6. The number of nitrogens with zero attached hydrogens (tertiary/aromatic N) is 2. The number of rotatable bonds is 13. The summed E-state index contributed by atoms with van der Waals surface area (Å²) < 4.78 is 33.0. The minimum Gasteiger partial charge on any atom is -0.446 e. The quantitative estimate of drug-likeness (QED) is 0.0899. The molecule has 0 bridgehead atoms. The highest BCUT2D eigenvalue weighted by atomic mass is 19.1. The van der Waals surface area contributed by atoms with E-state index in [-0.39, 0.29) is 23.8 Å². The van der Waals surface area contributed by atoms with Crippen LogP contribution in [0.3, 0.4) is 0 Å². The molecular formula is C52H64FN5O9. The van der Waals surface area contributed by atoms with Gasteiger partial charge >= 0.3 is 17.9 Å². The molecule has 67 heavy (non-hydrogen) atoms. The number of hydrogen-bond donors (Lipinski definition) is 6. The molecule has 1 saturated heterocycles. The number of halogens is 1.